The molecule has 0 bridgehead atoms. The third-order valence-corrected chi connectivity index (χ3v) is 6.13. The van der Waals surface area contributed by atoms with Crippen LogP contribution in [-0.4, -0.2) is 43.6 Å². The van der Waals surface area contributed by atoms with E-state index in [9.17, 15) is 4.79 Å². The van der Waals surface area contributed by atoms with Gasteiger partial charge in [0.2, 0.25) is 0 Å². The van der Waals surface area contributed by atoms with Crippen molar-refractivity contribution in [3.8, 4) is 5.75 Å². The van der Waals surface area contributed by atoms with E-state index in [1.807, 2.05) is 29.2 Å². The van der Waals surface area contributed by atoms with Crippen LogP contribution in [0, 0.1) is 5.92 Å². The molecule has 4 rings (SSSR count). The summed E-state index contributed by atoms with van der Waals surface area (Å²) in [4.78, 5) is 14.7. The molecule has 4 heteroatoms. The van der Waals surface area contributed by atoms with Crippen molar-refractivity contribution in [2.24, 2.45) is 5.92 Å². The van der Waals surface area contributed by atoms with Gasteiger partial charge in [-0.05, 0) is 99.0 Å². The summed E-state index contributed by atoms with van der Waals surface area (Å²) in [6.45, 7) is 4.89. The second-order valence-corrected chi connectivity index (χ2v) is 8.28. The van der Waals surface area contributed by atoms with Crippen molar-refractivity contribution in [2.45, 2.75) is 44.9 Å². The first-order valence-electron chi connectivity index (χ1n) is 11.0. The van der Waals surface area contributed by atoms with Gasteiger partial charge in [0.05, 0.1) is 6.61 Å². The van der Waals surface area contributed by atoms with Gasteiger partial charge in [0.1, 0.15) is 5.75 Å². The zero-order chi connectivity index (χ0) is 19.2. The van der Waals surface area contributed by atoms with Crippen LogP contribution in [0.5, 0.6) is 5.75 Å². The van der Waals surface area contributed by atoms with E-state index in [0.29, 0.717) is 0 Å². The third-order valence-electron chi connectivity index (χ3n) is 6.13. The summed E-state index contributed by atoms with van der Waals surface area (Å²) in [6.07, 6.45) is 8.48. The molecule has 2 fully saturated rings. The molecule has 1 unspecified atom stereocenters. The molecule has 2 aromatic carbocycles. The average Bonchev–Trinajstić information content (AvgIpc) is 2.77. The molecule has 150 valence electrons. The summed E-state index contributed by atoms with van der Waals surface area (Å²) in [5.41, 5.74) is 0.796. The summed E-state index contributed by atoms with van der Waals surface area (Å²) in [5.74, 6) is 1.90. The molecule has 0 radical (unpaired) electrons. The number of nitrogens with zero attached hydrogens (tertiary/aromatic N) is 1. The lowest BCUT2D eigenvalue weighted by Gasteiger charge is -2.26. The molecule has 0 spiro atoms. The van der Waals surface area contributed by atoms with Crippen molar-refractivity contribution >= 4 is 16.7 Å². The molecule has 1 N–H and O–H groups in total. The number of ether oxygens (including phenoxy) is 1. The zero-order valence-corrected chi connectivity index (χ0v) is 16.8. The number of carbonyl (C=O) groups excluding carboxylic acids is 1. The fraction of sp³-hybridized carbons (Fsp3) is 0.542. The molecule has 28 heavy (non-hydrogen) atoms. The van der Waals surface area contributed by atoms with Crippen molar-refractivity contribution in [3.63, 3.8) is 0 Å². The number of hydrogen-bond donors (Lipinski definition) is 1. The van der Waals surface area contributed by atoms with Gasteiger partial charge in [-0.1, -0.05) is 12.1 Å². The van der Waals surface area contributed by atoms with Gasteiger partial charge in [0, 0.05) is 18.7 Å². The second kappa shape index (κ2) is 9.42. The summed E-state index contributed by atoms with van der Waals surface area (Å²) >= 11 is 0. The monoisotopic (exact) mass is 380 g/mol. The normalized spacial score (nSPS) is 20.3. The van der Waals surface area contributed by atoms with Crippen molar-refractivity contribution < 1.29 is 9.53 Å². The first-order valence-corrected chi connectivity index (χ1v) is 11.0. The highest BCUT2D eigenvalue weighted by Gasteiger charge is 2.18. The lowest BCUT2D eigenvalue weighted by Crippen LogP contribution is -2.35. The van der Waals surface area contributed by atoms with E-state index in [1.165, 1.54) is 32.2 Å². The van der Waals surface area contributed by atoms with Crippen molar-refractivity contribution in [2.75, 3.05) is 32.8 Å². The van der Waals surface area contributed by atoms with Crippen LogP contribution in [0.25, 0.3) is 10.8 Å². The number of likely N-dealkylation sites (tertiary alicyclic amines) is 1. The second-order valence-electron chi connectivity index (χ2n) is 8.28. The molecular weight excluding hydrogens is 348 g/mol. The van der Waals surface area contributed by atoms with E-state index in [-0.39, 0.29) is 5.91 Å². The van der Waals surface area contributed by atoms with E-state index in [2.05, 4.69) is 17.4 Å². The van der Waals surface area contributed by atoms with Crippen LogP contribution >= 0.6 is 0 Å². The number of carbonyl (C=O) groups is 1. The predicted molar refractivity (Wildman–Crippen MR) is 114 cm³/mol. The van der Waals surface area contributed by atoms with Gasteiger partial charge in [-0.2, -0.15) is 0 Å². The van der Waals surface area contributed by atoms with Crippen LogP contribution in [0.4, 0.5) is 0 Å². The maximum Gasteiger partial charge on any atom is 0.253 e. The van der Waals surface area contributed by atoms with Crippen LogP contribution in [0.3, 0.4) is 0 Å². The highest BCUT2D eigenvalue weighted by molar-refractivity contribution is 5.98. The number of nitrogens with one attached hydrogen (secondary N) is 1. The summed E-state index contributed by atoms with van der Waals surface area (Å²) in [6, 6.07) is 12.2. The number of rotatable bonds is 6. The van der Waals surface area contributed by atoms with Crippen LogP contribution in [0.1, 0.15) is 55.3 Å². The smallest absolute Gasteiger partial charge is 0.253 e. The lowest BCUT2D eigenvalue weighted by atomic mass is 9.95. The highest BCUT2D eigenvalue weighted by Crippen LogP contribution is 2.24. The molecule has 0 aromatic heterocycles. The van der Waals surface area contributed by atoms with E-state index in [1.54, 1.807) is 0 Å². The van der Waals surface area contributed by atoms with Gasteiger partial charge in [-0.3, -0.25) is 4.79 Å². The summed E-state index contributed by atoms with van der Waals surface area (Å²) in [5, 5.41) is 5.71. The van der Waals surface area contributed by atoms with E-state index >= 15 is 0 Å². The predicted octanol–water partition coefficient (Wildman–Crippen LogP) is 4.62. The maximum atomic E-state index is 12.7. The molecule has 2 heterocycles. The highest BCUT2D eigenvalue weighted by atomic mass is 16.5. The lowest BCUT2D eigenvalue weighted by molar-refractivity contribution is 0.0724. The molecule has 0 saturated carbocycles. The van der Waals surface area contributed by atoms with E-state index in [4.69, 9.17) is 4.74 Å². The maximum absolute atomic E-state index is 12.7. The number of benzene rings is 2. The van der Waals surface area contributed by atoms with Gasteiger partial charge in [-0.15, -0.1) is 0 Å². The Morgan fingerprint density at radius 3 is 2.68 bits per heavy atom. The van der Waals surface area contributed by atoms with Gasteiger partial charge < -0.3 is 15.0 Å². The average molecular weight is 381 g/mol. The first kappa shape index (κ1) is 19.3. The Morgan fingerprint density at radius 2 is 1.86 bits per heavy atom. The Kier molecular flexibility index (Phi) is 6.48. The SMILES string of the molecule is O=C(c1ccc2cc(OCCCC3CCCNC3)ccc2c1)N1CCCCC1. The van der Waals surface area contributed by atoms with E-state index in [0.717, 1.165) is 73.5 Å². The molecule has 2 aliphatic rings. The van der Waals surface area contributed by atoms with Crippen molar-refractivity contribution in [1.29, 1.82) is 0 Å². The largest absolute Gasteiger partial charge is 0.494 e. The van der Waals surface area contributed by atoms with E-state index < -0.39 is 0 Å². The molecule has 2 saturated heterocycles. The Labute approximate surface area is 168 Å². The molecule has 1 atom stereocenters. The summed E-state index contributed by atoms with van der Waals surface area (Å²) < 4.78 is 5.98. The minimum Gasteiger partial charge on any atom is -0.494 e. The fourth-order valence-electron chi connectivity index (χ4n) is 4.46. The minimum absolute atomic E-state index is 0.166. The third kappa shape index (κ3) is 4.85. The van der Waals surface area contributed by atoms with Gasteiger partial charge >= 0.3 is 0 Å². The van der Waals surface area contributed by atoms with Crippen molar-refractivity contribution in [3.05, 3.63) is 42.0 Å². The molecule has 0 aliphatic carbocycles. The van der Waals surface area contributed by atoms with Crippen LogP contribution in [-0.2, 0) is 0 Å². The number of piperidine rings is 2. The zero-order valence-electron chi connectivity index (χ0n) is 16.8. The number of hydrogen-bond acceptors (Lipinski definition) is 3. The number of amides is 1. The molecule has 2 aromatic rings. The Balaban J connectivity index is 1.33. The Hall–Kier alpha value is -2.07. The molecule has 4 nitrogen and oxygen atoms in total. The van der Waals surface area contributed by atoms with Gasteiger partial charge in [-0.25, -0.2) is 0 Å². The standard InChI is InChI=1S/C24H32N2O2/c27-24(26-13-2-1-3-14-26)22-9-8-21-17-23(11-10-20(21)16-22)28-15-5-7-19-6-4-12-25-18-19/h8-11,16-17,19,25H,1-7,12-15,18H2. The quantitative estimate of drug-likeness (QED) is 0.743. The van der Waals surface area contributed by atoms with Crippen LogP contribution in [0.2, 0.25) is 0 Å². The molecule has 1 amide bonds. The summed E-state index contributed by atoms with van der Waals surface area (Å²) in [7, 11) is 0. The number of fused-ring (bicyclic) bond motifs is 1. The van der Waals surface area contributed by atoms with Gasteiger partial charge in [0.25, 0.3) is 5.91 Å². The first-order chi connectivity index (χ1) is 13.8. The molecular formula is C24H32N2O2. The topological polar surface area (TPSA) is 41.6 Å². The van der Waals surface area contributed by atoms with Gasteiger partial charge in [0.15, 0.2) is 0 Å². The minimum atomic E-state index is 0.166. The fourth-order valence-corrected chi connectivity index (χ4v) is 4.46. The Morgan fingerprint density at radius 1 is 1.04 bits per heavy atom. The van der Waals surface area contributed by atoms with Crippen LogP contribution in [0.15, 0.2) is 36.4 Å². The van der Waals surface area contributed by atoms with Crippen LogP contribution < -0.4 is 10.1 Å². The molecule has 2 aliphatic heterocycles. The Bertz CT molecular complexity index is 792. The van der Waals surface area contributed by atoms with Crippen molar-refractivity contribution in [1.82, 2.24) is 10.2 Å².